The third-order valence-electron chi connectivity index (χ3n) is 2.83. The zero-order valence-corrected chi connectivity index (χ0v) is 10.8. The lowest BCUT2D eigenvalue weighted by Gasteiger charge is -2.24. The standard InChI is InChI=1S/C12H16O3Si/c1-13-16(3,14-2)15-12-9-8-10-6-4-5-7-11(10)12/h4-7,9H,8H2,1-3H3. The van der Waals surface area contributed by atoms with Crippen LogP contribution >= 0.6 is 0 Å². The molecule has 0 N–H and O–H groups in total. The van der Waals surface area contributed by atoms with Crippen molar-refractivity contribution < 1.29 is 13.3 Å². The van der Waals surface area contributed by atoms with E-state index in [9.17, 15) is 0 Å². The average Bonchev–Trinajstić information content (AvgIpc) is 2.73. The molecule has 0 bridgehead atoms. The number of benzene rings is 1. The second-order valence-electron chi connectivity index (χ2n) is 3.80. The third-order valence-corrected chi connectivity index (χ3v) is 4.90. The van der Waals surface area contributed by atoms with Gasteiger partial charge in [0.2, 0.25) is 0 Å². The second kappa shape index (κ2) is 4.41. The van der Waals surface area contributed by atoms with Crippen LogP contribution in [0.15, 0.2) is 30.3 Å². The maximum atomic E-state index is 5.88. The average molecular weight is 236 g/mol. The molecule has 16 heavy (non-hydrogen) atoms. The molecule has 0 radical (unpaired) electrons. The first-order valence-electron chi connectivity index (χ1n) is 5.26. The molecule has 2 rings (SSSR count). The van der Waals surface area contributed by atoms with Crippen molar-refractivity contribution in [2.45, 2.75) is 13.0 Å². The van der Waals surface area contributed by atoms with Gasteiger partial charge < -0.3 is 13.3 Å². The van der Waals surface area contributed by atoms with Gasteiger partial charge >= 0.3 is 8.80 Å². The minimum atomic E-state index is -2.50. The molecule has 86 valence electrons. The molecule has 1 aromatic carbocycles. The van der Waals surface area contributed by atoms with E-state index in [1.165, 1.54) is 5.56 Å². The van der Waals surface area contributed by atoms with E-state index < -0.39 is 8.80 Å². The highest BCUT2D eigenvalue weighted by molar-refractivity contribution is 6.60. The van der Waals surface area contributed by atoms with E-state index in [4.69, 9.17) is 13.3 Å². The number of hydrogen-bond acceptors (Lipinski definition) is 3. The lowest BCUT2D eigenvalue weighted by Crippen LogP contribution is -2.39. The van der Waals surface area contributed by atoms with Gasteiger partial charge in [-0.05, 0) is 18.1 Å². The van der Waals surface area contributed by atoms with E-state index in [2.05, 4.69) is 18.2 Å². The van der Waals surface area contributed by atoms with Crippen molar-refractivity contribution in [2.24, 2.45) is 0 Å². The van der Waals surface area contributed by atoms with Gasteiger partial charge in [0.15, 0.2) is 0 Å². The van der Waals surface area contributed by atoms with Gasteiger partial charge in [-0.1, -0.05) is 24.3 Å². The molecule has 0 aliphatic heterocycles. The van der Waals surface area contributed by atoms with Gasteiger partial charge in [0.05, 0.1) is 0 Å². The molecule has 0 saturated carbocycles. The number of rotatable bonds is 4. The Hall–Kier alpha value is -1.10. The van der Waals surface area contributed by atoms with Gasteiger partial charge in [-0.15, -0.1) is 0 Å². The quantitative estimate of drug-likeness (QED) is 0.752. The van der Waals surface area contributed by atoms with Crippen LogP contribution in [0.1, 0.15) is 11.1 Å². The summed E-state index contributed by atoms with van der Waals surface area (Å²) in [4.78, 5) is 0. The summed E-state index contributed by atoms with van der Waals surface area (Å²) in [6.07, 6.45) is 3.00. The summed E-state index contributed by atoms with van der Waals surface area (Å²) in [7, 11) is 0.745. The Morgan fingerprint density at radius 2 is 1.81 bits per heavy atom. The lowest BCUT2D eigenvalue weighted by atomic mass is 10.1. The first-order chi connectivity index (χ1) is 7.68. The van der Waals surface area contributed by atoms with Crippen molar-refractivity contribution in [2.75, 3.05) is 14.2 Å². The summed E-state index contributed by atoms with van der Waals surface area (Å²) in [6.45, 7) is 1.88. The molecule has 3 nitrogen and oxygen atoms in total. The van der Waals surface area contributed by atoms with Crippen molar-refractivity contribution in [3.63, 3.8) is 0 Å². The highest BCUT2D eigenvalue weighted by Gasteiger charge is 2.36. The SMILES string of the molecule is CO[Si](C)(OC)OC1=CCc2ccccc21. The first-order valence-corrected chi connectivity index (χ1v) is 7.49. The minimum absolute atomic E-state index is 0.883. The fourth-order valence-electron chi connectivity index (χ4n) is 1.71. The summed E-state index contributed by atoms with van der Waals surface area (Å²) in [5.74, 6) is 0.883. The van der Waals surface area contributed by atoms with Crippen LogP contribution in [0.3, 0.4) is 0 Å². The van der Waals surface area contributed by atoms with Crippen molar-refractivity contribution in [3.05, 3.63) is 41.5 Å². The molecule has 0 unspecified atom stereocenters. The Morgan fingerprint density at radius 3 is 2.50 bits per heavy atom. The number of hydrogen-bond donors (Lipinski definition) is 0. The Balaban J connectivity index is 2.20. The first kappa shape index (κ1) is 11.4. The molecule has 0 saturated heterocycles. The molecule has 1 aliphatic rings. The second-order valence-corrected chi connectivity index (χ2v) is 6.55. The van der Waals surface area contributed by atoms with E-state index in [-0.39, 0.29) is 0 Å². The molecular formula is C12H16O3Si. The van der Waals surface area contributed by atoms with E-state index in [0.717, 1.165) is 17.7 Å². The molecule has 4 heteroatoms. The van der Waals surface area contributed by atoms with Gasteiger partial charge in [0.25, 0.3) is 0 Å². The Morgan fingerprint density at radius 1 is 1.12 bits per heavy atom. The molecule has 0 fully saturated rings. The van der Waals surface area contributed by atoms with Crippen LogP contribution in [0.4, 0.5) is 0 Å². The molecule has 0 heterocycles. The monoisotopic (exact) mass is 236 g/mol. The fraction of sp³-hybridized carbons (Fsp3) is 0.333. The van der Waals surface area contributed by atoms with Crippen LogP contribution in [0.25, 0.3) is 5.76 Å². The van der Waals surface area contributed by atoms with Crippen LogP contribution in [-0.4, -0.2) is 23.0 Å². The van der Waals surface area contributed by atoms with Gasteiger partial charge in [0.1, 0.15) is 5.76 Å². The topological polar surface area (TPSA) is 27.7 Å². The highest BCUT2D eigenvalue weighted by atomic mass is 28.4. The minimum Gasteiger partial charge on any atom is -0.501 e. The zero-order chi connectivity index (χ0) is 11.6. The predicted molar refractivity (Wildman–Crippen MR) is 64.8 cm³/mol. The van der Waals surface area contributed by atoms with E-state index >= 15 is 0 Å². The van der Waals surface area contributed by atoms with E-state index in [0.29, 0.717) is 0 Å². The van der Waals surface area contributed by atoms with Crippen LogP contribution in [-0.2, 0) is 19.7 Å². The Bertz CT molecular complexity index is 410. The smallest absolute Gasteiger partial charge is 0.501 e. The maximum Gasteiger partial charge on any atom is 0.562 e. The number of allylic oxidation sites excluding steroid dienone is 1. The zero-order valence-electron chi connectivity index (χ0n) is 9.82. The Labute approximate surface area is 97.0 Å². The normalized spacial score (nSPS) is 14.6. The van der Waals surface area contributed by atoms with Crippen molar-refractivity contribution in [1.29, 1.82) is 0 Å². The predicted octanol–water partition coefficient (Wildman–Crippen LogP) is 2.46. The summed E-state index contributed by atoms with van der Waals surface area (Å²) >= 11 is 0. The van der Waals surface area contributed by atoms with Crippen LogP contribution < -0.4 is 0 Å². The summed E-state index contributed by atoms with van der Waals surface area (Å²) in [5.41, 5.74) is 2.44. The fourth-order valence-corrected chi connectivity index (χ4v) is 2.64. The van der Waals surface area contributed by atoms with Gasteiger partial charge in [-0.3, -0.25) is 0 Å². The third kappa shape index (κ3) is 2.04. The summed E-state index contributed by atoms with van der Waals surface area (Å²) < 4.78 is 16.5. The van der Waals surface area contributed by atoms with Crippen molar-refractivity contribution >= 4 is 14.6 Å². The van der Waals surface area contributed by atoms with Gasteiger partial charge in [-0.2, -0.15) is 0 Å². The van der Waals surface area contributed by atoms with Gasteiger partial charge in [-0.25, -0.2) is 0 Å². The Kier molecular flexibility index (Phi) is 3.14. The van der Waals surface area contributed by atoms with Crippen molar-refractivity contribution in [1.82, 2.24) is 0 Å². The molecule has 1 aromatic rings. The molecule has 0 atom stereocenters. The molecular weight excluding hydrogens is 220 g/mol. The largest absolute Gasteiger partial charge is 0.562 e. The van der Waals surface area contributed by atoms with Crippen LogP contribution in [0.2, 0.25) is 6.55 Å². The van der Waals surface area contributed by atoms with Crippen molar-refractivity contribution in [3.8, 4) is 0 Å². The molecule has 0 spiro atoms. The highest BCUT2D eigenvalue weighted by Crippen LogP contribution is 2.30. The molecule has 0 amide bonds. The molecule has 0 aromatic heterocycles. The maximum absolute atomic E-state index is 5.88. The summed E-state index contributed by atoms with van der Waals surface area (Å²) in [6, 6.07) is 8.23. The lowest BCUT2D eigenvalue weighted by molar-refractivity contribution is 0.157. The van der Waals surface area contributed by atoms with Gasteiger partial charge in [0, 0.05) is 26.3 Å². The molecule has 1 aliphatic carbocycles. The summed E-state index contributed by atoms with van der Waals surface area (Å²) in [5, 5.41) is 0. The number of fused-ring (bicyclic) bond motifs is 1. The van der Waals surface area contributed by atoms with E-state index in [1.54, 1.807) is 14.2 Å². The van der Waals surface area contributed by atoms with E-state index in [1.807, 2.05) is 18.7 Å². The van der Waals surface area contributed by atoms with Crippen LogP contribution in [0, 0.1) is 0 Å². The van der Waals surface area contributed by atoms with Crippen LogP contribution in [0.5, 0.6) is 0 Å².